The first-order valence-corrected chi connectivity index (χ1v) is 8.06. The van der Waals surface area contributed by atoms with Gasteiger partial charge >= 0.3 is 0 Å². The van der Waals surface area contributed by atoms with E-state index in [1.807, 2.05) is 6.07 Å². The third-order valence-corrected chi connectivity index (χ3v) is 4.46. The van der Waals surface area contributed by atoms with Crippen molar-refractivity contribution in [3.05, 3.63) is 29.6 Å². The van der Waals surface area contributed by atoms with Crippen LogP contribution in [0.25, 0.3) is 0 Å². The second-order valence-electron chi connectivity index (χ2n) is 6.68. The van der Waals surface area contributed by atoms with Crippen molar-refractivity contribution in [3.63, 3.8) is 0 Å². The summed E-state index contributed by atoms with van der Waals surface area (Å²) in [5, 5.41) is 3.52. The molecule has 1 atom stereocenters. The van der Waals surface area contributed by atoms with Crippen molar-refractivity contribution >= 4 is 5.69 Å². The van der Waals surface area contributed by atoms with E-state index in [0.717, 1.165) is 25.2 Å². The molecule has 0 bridgehead atoms. The smallest absolute Gasteiger partial charge is 0.123 e. The van der Waals surface area contributed by atoms with Crippen LogP contribution < -0.4 is 10.2 Å². The van der Waals surface area contributed by atoms with Crippen LogP contribution in [0, 0.1) is 5.82 Å². The summed E-state index contributed by atoms with van der Waals surface area (Å²) < 4.78 is 13.6. The van der Waals surface area contributed by atoms with Gasteiger partial charge in [-0.2, -0.15) is 0 Å². The second kappa shape index (κ2) is 6.32. The molecule has 1 aliphatic carbocycles. The van der Waals surface area contributed by atoms with Crippen LogP contribution in [0.2, 0.25) is 0 Å². The average molecular weight is 291 g/mol. The molecule has 0 spiro atoms. The molecular weight excluding hydrogens is 265 g/mol. The maximum absolute atomic E-state index is 13.6. The minimum Gasteiger partial charge on any atom is -0.367 e. The molecule has 1 aromatic rings. The maximum atomic E-state index is 13.6. The van der Waals surface area contributed by atoms with E-state index in [1.54, 1.807) is 12.1 Å². The molecule has 2 aliphatic rings. The number of nitrogens with one attached hydrogen (secondary N) is 1. The summed E-state index contributed by atoms with van der Waals surface area (Å²) in [6, 6.07) is 6.46. The predicted octanol–water partition coefficient (Wildman–Crippen LogP) is 2.61. The van der Waals surface area contributed by atoms with Crippen molar-refractivity contribution < 1.29 is 4.39 Å². The van der Waals surface area contributed by atoms with Gasteiger partial charge in [-0.1, -0.05) is 0 Å². The van der Waals surface area contributed by atoms with E-state index in [2.05, 4.69) is 29.2 Å². The Morgan fingerprint density at radius 1 is 1.29 bits per heavy atom. The van der Waals surface area contributed by atoms with E-state index in [-0.39, 0.29) is 5.82 Å². The molecule has 1 unspecified atom stereocenters. The molecule has 1 saturated heterocycles. The Morgan fingerprint density at radius 2 is 2.10 bits per heavy atom. The van der Waals surface area contributed by atoms with Gasteiger partial charge in [0.15, 0.2) is 0 Å². The molecule has 1 heterocycles. The fourth-order valence-electron chi connectivity index (χ4n) is 3.28. The minimum atomic E-state index is -0.130. The molecule has 0 radical (unpaired) electrons. The molecule has 3 rings (SSSR count). The average Bonchev–Trinajstić information content (AvgIpc) is 3.16. The number of hydrogen-bond acceptors (Lipinski definition) is 3. The summed E-state index contributed by atoms with van der Waals surface area (Å²) in [6.07, 6.45) is 4.98. The lowest BCUT2D eigenvalue weighted by Gasteiger charge is -2.31. The van der Waals surface area contributed by atoms with E-state index >= 15 is 0 Å². The molecule has 1 N–H and O–H groups in total. The molecule has 4 heteroatoms. The first-order chi connectivity index (χ1) is 10.1. The summed E-state index contributed by atoms with van der Waals surface area (Å²) in [5.74, 6) is -0.130. The number of rotatable bonds is 6. The maximum Gasteiger partial charge on any atom is 0.123 e. The first kappa shape index (κ1) is 14.8. The van der Waals surface area contributed by atoms with Gasteiger partial charge in [0.05, 0.1) is 0 Å². The highest BCUT2D eigenvalue weighted by Crippen LogP contribution is 2.30. The molecule has 1 aromatic carbocycles. The fourth-order valence-corrected chi connectivity index (χ4v) is 3.28. The molecule has 1 saturated carbocycles. The second-order valence-corrected chi connectivity index (χ2v) is 6.68. The molecule has 2 fully saturated rings. The van der Waals surface area contributed by atoms with Crippen LogP contribution in [0.5, 0.6) is 0 Å². The Kier molecular flexibility index (Phi) is 4.45. The van der Waals surface area contributed by atoms with Crippen molar-refractivity contribution in [2.45, 2.75) is 44.3 Å². The number of nitrogens with zero attached hydrogens (tertiary/aromatic N) is 2. The third kappa shape index (κ3) is 3.74. The van der Waals surface area contributed by atoms with E-state index < -0.39 is 0 Å². The van der Waals surface area contributed by atoms with Crippen LogP contribution in [0.4, 0.5) is 10.1 Å². The Balaban J connectivity index is 1.78. The highest BCUT2D eigenvalue weighted by atomic mass is 19.1. The number of likely N-dealkylation sites (N-methyl/N-ethyl adjacent to an activating group) is 1. The zero-order valence-corrected chi connectivity index (χ0v) is 13.1. The van der Waals surface area contributed by atoms with Crippen LogP contribution in [0.15, 0.2) is 18.2 Å². The third-order valence-electron chi connectivity index (χ3n) is 4.46. The standard InChI is InChI=1S/C17H26FN3/c1-20(2)12-16-4-3-9-21(16)17-8-5-14(18)10-13(17)11-19-15-6-7-15/h5,8,10,15-16,19H,3-4,6-7,9,11-12H2,1-2H3. The van der Waals surface area contributed by atoms with Gasteiger partial charge in [-0.15, -0.1) is 0 Å². The Morgan fingerprint density at radius 3 is 2.81 bits per heavy atom. The van der Waals surface area contributed by atoms with Crippen molar-refractivity contribution in [1.29, 1.82) is 0 Å². The van der Waals surface area contributed by atoms with Gasteiger partial charge in [-0.3, -0.25) is 0 Å². The van der Waals surface area contributed by atoms with Gasteiger partial charge in [-0.05, 0) is 63.5 Å². The van der Waals surface area contributed by atoms with Gasteiger partial charge in [0, 0.05) is 37.4 Å². The van der Waals surface area contributed by atoms with E-state index in [4.69, 9.17) is 0 Å². The Hall–Kier alpha value is -1.13. The zero-order chi connectivity index (χ0) is 14.8. The summed E-state index contributed by atoms with van der Waals surface area (Å²) in [5.41, 5.74) is 2.32. The highest BCUT2D eigenvalue weighted by Gasteiger charge is 2.27. The normalized spacial score (nSPS) is 22.3. The number of halogens is 1. The largest absolute Gasteiger partial charge is 0.367 e. The topological polar surface area (TPSA) is 18.5 Å². The van der Waals surface area contributed by atoms with Gasteiger partial charge in [0.2, 0.25) is 0 Å². The van der Waals surface area contributed by atoms with Crippen LogP contribution in [0.1, 0.15) is 31.2 Å². The SMILES string of the molecule is CN(C)CC1CCCN1c1ccc(F)cc1CNC1CC1. The fraction of sp³-hybridized carbons (Fsp3) is 0.647. The van der Waals surface area contributed by atoms with E-state index in [0.29, 0.717) is 12.1 Å². The Bertz CT molecular complexity index is 485. The lowest BCUT2D eigenvalue weighted by atomic mass is 10.1. The molecule has 3 nitrogen and oxygen atoms in total. The lowest BCUT2D eigenvalue weighted by molar-refractivity contribution is 0.372. The van der Waals surface area contributed by atoms with Crippen LogP contribution in [-0.4, -0.2) is 44.2 Å². The molecule has 21 heavy (non-hydrogen) atoms. The highest BCUT2D eigenvalue weighted by molar-refractivity contribution is 5.55. The van der Waals surface area contributed by atoms with E-state index in [1.165, 1.54) is 31.4 Å². The van der Waals surface area contributed by atoms with Gasteiger partial charge in [0.25, 0.3) is 0 Å². The Labute approximate surface area is 127 Å². The van der Waals surface area contributed by atoms with Crippen LogP contribution in [0.3, 0.4) is 0 Å². The quantitative estimate of drug-likeness (QED) is 0.869. The predicted molar refractivity (Wildman–Crippen MR) is 85.2 cm³/mol. The molecule has 0 aromatic heterocycles. The monoisotopic (exact) mass is 291 g/mol. The molecule has 116 valence electrons. The molecular formula is C17H26FN3. The minimum absolute atomic E-state index is 0.130. The van der Waals surface area contributed by atoms with E-state index in [9.17, 15) is 4.39 Å². The van der Waals surface area contributed by atoms with Crippen LogP contribution >= 0.6 is 0 Å². The first-order valence-electron chi connectivity index (χ1n) is 8.06. The summed E-state index contributed by atoms with van der Waals surface area (Å²) in [7, 11) is 4.24. The van der Waals surface area contributed by atoms with Crippen molar-refractivity contribution in [2.24, 2.45) is 0 Å². The van der Waals surface area contributed by atoms with Gasteiger partial charge < -0.3 is 15.1 Å². The van der Waals surface area contributed by atoms with Crippen LogP contribution in [-0.2, 0) is 6.54 Å². The summed E-state index contributed by atoms with van der Waals surface area (Å²) >= 11 is 0. The van der Waals surface area contributed by atoms with Crippen molar-refractivity contribution in [2.75, 3.05) is 32.1 Å². The van der Waals surface area contributed by atoms with Crippen molar-refractivity contribution in [3.8, 4) is 0 Å². The lowest BCUT2D eigenvalue weighted by Crippen LogP contribution is -2.38. The zero-order valence-electron chi connectivity index (χ0n) is 13.1. The number of anilines is 1. The summed E-state index contributed by atoms with van der Waals surface area (Å²) in [6.45, 7) is 2.93. The number of benzene rings is 1. The number of hydrogen-bond donors (Lipinski definition) is 1. The molecule has 1 aliphatic heterocycles. The van der Waals surface area contributed by atoms with Crippen molar-refractivity contribution in [1.82, 2.24) is 10.2 Å². The summed E-state index contributed by atoms with van der Waals surface area (Å²) in [4.78, 5) is 4.72. The van der Waals surface area contributed by atoms with Gasteiger partial charge in [-0.25, -0.2) is 4.39 Å². The molecule has 0 amide bonds. The van der Waals surface area contributed by atoms with Gasteiger partial charge in [0.1, 0.15) is 5.82 Å².